The molecular formula is C15H25BrN2O2S. The number of hydrogen-bond donors (Lipinski definition) is 2. The molecular weight excluding hydrogens is 352 g/mol. The van der Waals surface area contributed by atoms with Gasteiger partial charge in [0, 0.05) is 17.1 Å². The van der Waals surface area contributed by atoms with Crippen LogP contribution < -0.4 is 10.0 Å². The lowest BCUT2D eigenvalue weighted by atomic mass is 10.1. The standard InChI is InChI=1S/C15H25BrN2O2S/c1-10(2)6-12(4)18-21(19,20)14-8-13(9-17-5)7-11(3)15(14)16/h7-8,10,12,17-18H,6,9H2,1-5H3. The number of benzene rings is 1. The third-order valence-electron chi connectivity index (χ3n) is 3.13. The van der Waals surface area contributed by atoms with Crippen LogP contribution in [0.3, 0.4) is 0 Å². The number of rotatable bonds is 7. The van der Waals surface area contributed by atoms with Gasteiger partial charge in [0.05, 0.1) is 4.90 Å². The fourth-order valence-corrected chi connectivity index (χ4v) is 4.72. The molecule has 0 saturated heterocycles. The number of aryl methyl sites for hydroxylation is 1. The molecule has 1 atom stereocenters. The number of hydrogen-bond acceptors (Lipinski definition) is 3. The van der Waals surface area contributed by atoms with E-state index in [9.17, 15) is 8.42 Å². The maximum absolute atomic E-state index is 12.6. The molecule has 0 aliphatic heterocycles. The Bertz CT molecular complexity index is 586. The van der Waals surface area contributed by atoms with E-state index >= 15 is 0 Å². The average molecular weight is 377 g/mol. The van der Waals surface area contributed by atoms with E-state index in [-0.39, 0.29) is 6.04 Å². The zero-order valence-corrected chi connectivity index (χ0v) is 15.7. The van der Waals surface area contributed by atoms with Crippen molar-refractivity contribution in [3.05, 3.63) is 27.7 Å². The van der Waals surface area contributed by atoms with Crippen molar-refractivity contribution in [3.8, 4) is 0 Å². The molecule has 0 amide bonds. The SMILES string of the molecule is CNCc1cc(C)c(Br)c(S(=O)(=O)NC(C)CC(C)C)c1. The van der Waals surface area contributed by atoms with Crippen LogP contribution in [0, 0.1) is 12.8 Å². The first-order valence-electron chi connectivity index (χ1n) is 7.13. The topological polar surface area (TPSA) is 58.2 Å². The van der Waals surface area contributed by atoms with Crippen LogP contribution >= 0.6 is 15.9 Å². The summed E-state index contributed by atoms with van der Waals surface area (Å²) in [4.78, 5) is 0.309. The maximum Gasteiger partial charge on any atom is 0.241 e. The largest absolute Gasteiger partial charge is 0.316 e. The third-order valence-corrected chi connectivity index (χ3v) is 6.06. The highest BCUT2D eigenvalue weighted by Crippen LogP contribution is 2.27. The minimum Gasteiger partial charge on any atom is -0.316 e. The molecule has 0 bridgehead atoms. The van der Waals surface area contributed by atoms with E-state index in [0.29, 0.717) is 21.8 Å². The zero-order valence-electron chi connectivity index (χ0n) is 13.3. The van der Waals surface area contributed by atoms with Crippen LogP contribution in [0.25, 0.3) is 0 Å². The normalized spacial score (nSPS) is 13.7. The van der Waals surface area contributed by atoms with Crippen LogP contribution in [0.15, 0.2) is 21.5 Å². The minimum atomic E-state index is -3.52. The van der Waals surface area contributed by atoms with Crippen LogP contribution in [-0.2, 0) is 16.6 Å². The molecule has 1 rings (SSSR count). The molecule has 2 N–H and O–H groups in total. The molecule has 0 aliphatic rings. The molecule has 0 heterocycles. The van der Waals surface area contributed by atoms with E-state index in [1.165, 1.54) is 0 Å². The Kier molecular flexibility index (Phi) is 6.84. The first-order valence-corrected chi connectivity index (χ1v) is 9.41. The van der Waals surface area contributed by atoms with Gasteiger partial charge < -0.3 is 5.32 Å². The Morgan fingerprint density at radius 3 is 2.38 bits per heavy atom. The molecule has 0 radical (unpaired) electrons. The molecule has 1 aromatic rings. The second-order valence-corrected chi connectivity index (χ2v) is 8.38. The molecule has 4 nitrogen and oxygen atoms in total. The van der Waals surface area contributed by atoms with Crippen molar-refractivity contribution in [2.45, 2.75) is 51.6 Å². The number of sulfonamides is 1. The minimum absolute atomic E-state index is 0.0878. The Hall–Kier alpha value is -0.430. The van der Waals surface area contributed by atoms with Gasteiger partial charge in [-0.1, -0.05) is 19.9 Å². The van der Waals surface area contributed by atoms with Gasteiger partial charge in [-0.2, -0.15) is 0 Å². The monoisotopic (exact) mass is 376 g/mol. The Labute approximate surface area is 136 Å². The smallest absolute Gasteiger partial charge is 0.241 e. The predicted molar refractivity (Wildman–Crippen MR) is 90.9 cm³/mol. The van der Waals surface area contributed by atoms with Gasteiger partial charge in [0.25, 0.3) is 0 Å². The van der Waals surface area contributed by atoms with Crippen molar-refractivity contribution < 1.29 is 8.42 Å². The highest BCUT2D eigenvalue weighted by molar-refractivity contribution is 9.10. The van der Waals surface area contributed by atoms with Crippen LogP contribution in [0.5, 0.6) is 0 Å². The van der Waals surface area contributed by atoms with E-state index in [4.69, 9.17) is 0 Å². The lowest BCUT2D eigenvalue weighted by Gasteiger charge is -2.18. The molecule has 0 saturated carbocycles. The van der Waals surface area contributed by atoms with Crippen LogP contribution in [0.1, 0.15) is 38.3 Å². The summed E-state index contributed by atoms with van der Waals surface area (Å²) in [5.41, 5.74) is 1.87. The van der Waals surface area contributed by atoms with Crippen LogP contribution in [-0.4, -0.2) is 21.5 Å². The highest BCUT2D eigenvalue weighted by Gasteiger charge is 2.22. The summed E-state index contributed by atoms with van der Waals surface area (Å²) in [6, 6.07) is 3.62. The van der Waals surface area contributed by atoms with Crippen molar-refractivity contribution in [3.63, 3.8) is 0 Å². The summed E-state index contributed by atoms with van der Waals surface area (Å²) in [5, 5.41) is 3.05. The van der Waals surface area contributed by atoms with Gasteiger partial charge >= 0.3 is 0 Å². The van der Waals surface area contributed by atoms with Gasteiger partial charge in [0.1, 0.15) is 0 Å². The highest BCUT2D eigenvalue weighted by atomic mass is 79.9. The molecule has 21 heavy (non-hydrogen) atoms. The van der Waals surface area contributed by atoms with Gasteiger partial charge in [0.15, 0.2) is 0 Å². The summed E-state index contributed by atoms with van der Waals surface area (Å²) < 4.78 is 28.6. The van der Waals surface area contributed by atoms with E-state index in [2.05, 4.69) is 39.8 Å². The second kappa shape index (κ2) is 7.72. The summed E-state index contributed by atoms with van der Waals surface area (Å²) >= 11 is 3.40. The molecule has 6 heteroatoms. The van der Waals surface area contributed by atoms with E-state index < -0.39 is 10.0 Å². The Morgan fingerprint density at radius 1 is 1.24 bits per heavy atom. The van der Waals surface area contributed by atoms with Crippen molar-refractivity contribution in [2.24, 2.45) is 5.92 Å². The fourth-order valence-electron chi connectivity index (χ4n) is 2.39. The Balaban J connectivity index is 3.12. The van der Waals surface area contributed by atoms with Gasteiger partial charge in [-0.25, -0.2) is 13.1 Å². The predicted octanol–water partition coefficient (Wildman–Crippen LogP) is 3.19. The second-order valence-electron chi connectivity index (χ2n) is 5.91. The van der Waals surface area contributed by atoms with Crippen molar-refractivity contribution in [1.82, 2.24) is 10.0 Å². The van der Waals surface area contributed by atoms with E-state index in [1.807, 2.05) is 27.0 Å². The zero-order chi connectivity index (χ0) is 16.2. The number of nitrogens with one attached hydrogen (secondary N) is 2. The van der Waals surface area contributed by atoms with Gasteiger partial charge in [-0.05, 0) is 66.4 Å². The van der Waals surface area contributed by atoms with Crippen molar-refractivity contribution in [2.75, 3.05) is 7.05 Å². The van der Waals surface area contributed by atoms with E-state index in [1.54, 1.807) is 6.07 Å². The van der Waals surface area contributed by atoms with Crippen LogP contribution in [0.2, 0.25) is 0 Å². The average Bonchev–Trinajstić information content (AvgIpc) is 2.31. The first-order chi connectivity index (χ1) is 9.67. The Morgan fingerprint density at radius 2 is 1.86 bits per heavy atom. The summed E-state index contributed by atoms with van der Waals surface area (Å²) in [7, 11) is -1.68. The summed E-state index contributed by atoms with van der Waals surface area (Å²) in [5.74, 6) is 0.448. The molecule has 1 unspecified atom stereocenters. The molecule has 0 fully saturated rings. The molecule has 0 spiro atoms. The van der Waals surface area contributed by atoms with Gasteiger partial charge in [0.2, 0.25) is 10.0 Å². The maximum atomic E-state index is 12.6. The van der Waals surface area contributed by atoms with E-state index in [0.717, 1.165) is 17.5 Å². The quantitative estimate of drug-likeness (QED) is 0.767. The van der Waals surface area contributed by atoms with Crippen molar-refractivity contribution in [1.29, 1.82) is 0 Å². The lowest BCUT2D eigenvalue weighted by molar-refractivity contribution is 0.482. The molecule has 0 aliphatic carbocycles. The summed E-state index contributed by atoms with van der Waals surface area (Å²) in [6.45, 7) is 8.60. The fraction of sp³-hybridized carbons (Fsp3) is 0.600. The lowest BCUT2D eigenvalue weighted by Crippen LogP contribution is -2.33. The molecule has 0 aromatic heterocycles. The van der Waals surface area contributed by atoms with Gasteiger partial charge in [-0.3, -0.25) is 0 Å². The van der Waals surface area contributed by atoms with Gasteiger partial charge in [-0.15, -0.1) is 0 Å². The molecule has 120 valence electrons. The van der Waals surface area contributed by atoms with Crippen molar-refractivity contribution >= 4 is 26.0 Å². The molecule has 1 aromatic carbocycles. The first kappa shape index (κ1) is 18.6. The van der Waals surface area contributed by atoms with Crippen LogP contribution in [0.4, 0.5) is 0 Å². The third kappa shape index (κ3) is 5.36. The number of halogens is 1. The summed E-state index contributed by atoms with van der Waals surface area (Å²) in [6.07, 6.45) is 0.812.